The van der Waals surface area contributed by atoms with Crippen molar-refractivity contribution in [1.29, 1.82) is 0 Å². The molecule has 7 nitrogen and oxygen atoms in total. The van der Waals surface area contributed by atoms with E-state index in [-0.39, 0.29) is 32.2 Å². The third-order valence-corrected chi connectivity index (χ3v) is 6.86. The van der Waals surface area contributed by atoms with Gasteiger partial charge in [0.05, 0.1) is 32.2 Å². The quantitative estimate of drug-likeness (QED) is 0.627. The van der Waals surface area contributed by atoms with E-state index in [2.05, 4.69) is 5.32 Å². The fourth-order valence-electron chi connectivity index (χ4n) is 2.63. The summed E-state index contributed by atoms with van der Waals surface area (Å²) < 4.78 is 37.2. The SMILES string of the molecule is CCS(=O)(=O)N(CC(=O)Nc1cc(Cl)c(Cl)cc1Cl)c1ccc2c(c1)OCCO2. The molecule has 2 aromatic carbocycles. The highest BCUT2D eigenvalue weighted by Crippen LogP contribution is 2.35. The average molecular weight is 480 g/mol. The van der Waals surface area contributed by atoms with Gasteiger partial charge in [-0.3, -0.25) is 9.10 Å². The number of fused-ring (bicyclic) bond motifs is 1. The van der Waals surface area contributed by atoms with Crippen molar-refractivity contribution in [2.24, 2.45) is 0 Å². The molecule has 0 saturated carbocycles. The summed E-state index contributed by atoms with van der Waals surface area (Å²) in [5.41, 5.74) is 0.508. The molecular formula is C18H17Cl3N2O5S. The Labute approximate surface area is 183 Å². The van der Waals surface area contributed by atoms with Crippen LogP contribution in [0.4, 0.5) is 11.4 Å². The Morgan fingerprint density at radius 3 is 2.38 bits per heavy atom. The van der Waals surface area contributed by atoms with Gasteiger partial charge in [-0.05, 0) is 31.2 Å². The zero-order valence-electron chi connectivity index (χ0n) is 15.2. The molecule has 1 aliphatic heterocycles. The van der Waals surface area contributed by atoms with Gasteiger partial charge >= 0.3 is 0 Å². The Balaban J connectivity index is 1.87. The maximum Gasteiger partial charge on any atom is 0.245 e. The molecule has 156 valence electrons. The molecule has 0 radical (unpaired) electrons. The molecule has 0 aliphatic carbocycles. The van der Waals surface area contributed by atoms with Crippen LogP contribution in [0.3, 0.4) is 0 Å². The van der Waals surface area contributed by atoms with Gasteiger partial charge in [0, 0.05) is 6.07 Å². The first-order chi connectivity index (χ1) is 13.7. The van der Waals surface area contributed by atoms with E-state index in [1.165, 1.54) is 25.1 Å². The minimum atomic E-state index is -3.76. The fraction of sp³-hybridized carbons (Fsp3) is 0.278. The van der Waals surface area contributed by atoms with Gasteiger partial charge in [0.1, 0.15) is 19.8 Å². The number of carbonyl (C=O) groups excluding carboxylic acids is 1. The van der Waals surface area contributed by atoms with Crippen molar-refractivity contribution >= 4 is 62.1 Å². The van der Waals surface area contributed by atoms with E-state index >= 15 is 0 Å². The number of nitrogens with one attached hydrogen (secondary N) is 1. The topological polar surface area (TPSA) is 84.9 Å². The van der Waals surface area contributed by atoms with Crippen LogP contribution in [0.2, 0.25) is 15.1 Å². The van der Waals surface area contributed by atoms with Crippen LogP contribution in [0.25, 0.3) is 0 Å². The molecule has 0 bridgehead atoms. The molecular weight excluding hydrogens is 463 g/mol. The van der Waals surface area contributed by atoms with E-state index in [1.54, 1.807) is 12.1 Å². The first-order valence-electron chi connectivity index (χ1n) is 8.55. The standard InChI is InChI=1S/C18H17Cl3N2O5S/c1-2-29(25,26)23(11-3-4-16-17(7-11)28-6-5-27-16)10-18(24)22-15-9-13(20)12(19)8-14(15)21/h3-4,7-9H,2,5-6,10H2,1H3,(H,22,24). The first kappa shape index (κ1) is 21.8. The third-order valence-electron chi connectivity index (χ3n) is 4.09. The van der Waals surface area contributed by atoms with Crippen molar-refractivity contribution in [3.63, 3.8) is 0 Å². The molecule has 29 heavy (non-hydrogen) atoms. The molecule has 0 atom stereocenters. The molecule has 0 fully saturated rings. The summed E-state index contributed by atoms with van der Waals surface area (Å²) >= 11 is 17.9. The summed E-state index contributed by atoms with van der Waals surface area (Å²) in [6, 6.07) is 7.48. The lowest BCUT2D eigenvalue weighted by Crippen LogP contribution is -2.39. The van der Waals surface area contributed by atoms with Gasteiger partial charge in [-0.1, -0.05) is 34.8 Å². The number of sulfonamides is 1. The number of halogens is 3. The van der Waals surface area contributed by atoms with Crippen molar-refractivity contribution in [2.75, 3.05) is 35.1 Å². The lowest BCUT2D eigenvalue weighted by atomic mass is 10.2. The summed E-state index contributed by atoms with van der Waals surface area (Å²) in [6.07, 6.45) is 0. The fourth-order valence-corrected chi connectivity index (χ4v) is 4.29. The monoisotopic (exact) mass is 478 g/mol. The Morgan fingerprint density at radius 1 is 1.03 bits per heavy atom. The second kappa shape index (κ2) is 8.87. The van der Waals surface area contributed by atoms with E-state index in [1.807, 2.05) is 0 Å². The van der Waals surface area contributed by atoms with Crippen molar-refractivity contribution < 1.29 is 22.7 Å². The zero-order valence-corrected chi connectivity index (χ0v) is 18.3. The molecule has 1 aliphatic rings. The normalized spacial score (nSPS) is 13.1. The van der Waals surface area contributed by atoms with Crippen LogP contribution in [-0.2, 0) is 14.8 Å². The Kier molecular flexibility index (Phi) is 6.68. The van der Waals surface area contributed by atoms with Crippen molar-refractivity contribution in [3.05, 3.63) is 45.4 Å². The van der Waals surface area contributed by atoms with Crippen molar-refractivity contribution in [3.8, 4) is 11.5 Å². The summed E-state index contributed by atoms with van der Waals surface area (Å²) in [7, 11) is -3.76. The van der Waals surface area contributed by atoms with Crippen molar-refractivity contribution in [2.45, 2.75) is 6.92 Å². The van der Waals surface area contributed by atoms with Crippen LogP contribution in [-0.4, -0.2) is 39.8 Å². The second-order valence-corrected chi connectivity index (χ2v) is 9.43. The zero-order chi connectivity index (χ0) is 21.2. The van der Waals surface area contributed by atoms with Gasteiger partial charge in [0.15, 0.2) is 11.5 Å². The van der Waals surface area contributed by atoms with Gasteiger partial charge < -0.3 is 14.8 Å². The predicted molar refractivity (Wildman–Crippen MR) is 114 cm³/mol. The molecule has 1 heterocycles. The molecule has 0 spiro atoms. The average Bonchev–Trinajstić information content (AvgIpc) is 2.69. The highest BCUT2D eigenvalue weighted by Gasteiger charge is 2.26. The molecule has 11 heteroatoms. The lowest BCUT2D eigenvalue weighted by Gasteiger charge is -2.25. The largest absolute Gasteiger partial charge is 0.486 e. The Hall–Kier alpha value is -1.87. The van der Waals surface area contributed by atoms with Crippen molar-refractivity contribution in [1.82, 2.24) is 0 Å². The van der Waals surface area contributed by atoms with Crippen LogP contribution < -0.4 is 19.1 Å². The predicted octanol–water partition coefficient (Wildman–Crippen LogP) is 4.21. The molecule has 0 saturated heterocycles. The van der Waals surface area contributed by atoms with Gasteiger partial charge in [0.2, 0.25) is 15.9 Å². The molecule has 0 unspecified atom stereocenters. The van der Waals surface area contributed by atoms with E-state index in [0.29, 0.717) is 24.7 Å². The van der Waals surface area contributed by atoms with Crippen LogP contribution in [0.15, 0.2) is 30.3 Å². The number of rotatable bonds is 6. The van der Waals surface area contributed by atoms with Gasteiger partial charge in [-0.15, -0.1) is 0 Å². The highest BCUT2D eigenvalue weighted by molar-refractivity contribution is 7.92. The lowest BCUT2D eigenvalue weighted by molar-refractivity contribution is -0.114. The summed E-state index contributed by atoms with van der Waals surface area (Å²) in [4.78, 5) is 12.6. The first-order valence-corrected chi connectivity index (χ1v) is 11.3. The molecule has 1 amide bonds. The van der Waals surface area contributed by atoms with E-state index in [0.717, 1.165) is 4.31 Å². The van der Waals surface area contributed by atoms with E-state index < -0.39 is 22.5 Å². The number of benzene rings is 2. The smallest absolute Gasteiger partial charge is 0.245 e. The third kappa shape index (κ3) is 5.01. The molecule has 2 aromatic rings. The number of ether oxygens (including phenoxy) is 2. The number of anilines is 2. The van der Waals surface area contributed by atoms with Crippen LogP contribution in [0.5, 0.6) is 11.5 Å². The van der Waals surface area contributed by atoms with Crippen LogP contribution >= 0.6 is 34.8 Å². The molecule has 3 rings (SSSR count). The van der Waals surface area contributed by atoms with Gasteiger partial charge in [0.25, 0.3) is 0 Å². The highest BCUT2D eigenvalue weighted by atomic mass is 35.5. The maximum atomic E-state index is 12.6. The van der Waals surface area contributed by atoms with Gasteiger partial charge in [-0.25, -0.2) is 8.42 Å². The molecule has 1 N–H and O–H groups in total. The number of hydrogen-bond donors (Lipinski definition) is 1. The minimum Gasteiger partial charge on any atom is -0.486 e. The van der Waals surface area contributed by atoms with E-state index in [9.17, 15) is 13.2 Å². The minimum absolute atomic E-state index is 0.178. The van der Waals surface area contributed by atoms with E-state index in [4.69, 9.17) is 44.3 Å². The number of carbonyl (C=O) groups is 1. The summed E-state index contributed by atoms with van der Waals surface area (Å²) in [5.74, 6) is 0.137. The second-order valence-electron chi connectivity index (χ2n) is 6.03. The summed E-state index contributed by atoms with van der Waals surface area (Å²) in [6.45, 7) is 1.80. The number of hydrogen-bond acceptors (Lipinski definition) is 5. The van der Waals surface area contributed by atoms with Crippen LogP contribution in [0, 0.1) is 0 Å². The maximum absolute atomic E-state index is 12.6. The summed E-state index contributed by atoms with van der Waals surface area (Å²) in [5, 5.41) is 3.18. The van der Waals surface area contributed by atoms with Gasteiger partial charge in [-0.2, -0.15) is 0 Å². The number of nitrogens with zero attached hydrogens (tertiary/aromatic N) is 1. The van der Waals surface area contributed by atoms with Crippen LogP contribution in [0.1, 0.15) is 6.92 Å². The number of amides is 1. The molecule has 0 aromatic heterocycles. The Morgan fingerprint density at radius 2 is 1.69 bits per heavy atom. The Bertz CT molecular complexity index is 1050.